The summed E-state index contributed by atoms with van der Waals surface area (Å²) in [4.78, 5) is 11.3. The van der Waals surface area contributed by atoms with E-state index >= 15 is 0 Å². The van der Waals surface area contributed by atoms with Gasteiger partial charge in [-0.25, -0.2) is 4.79 Å². The fourth-order valence-electron chi connectivity index (χ4n) is 0.804. The highest BCUT2D eigenvalue weighted by Gasteiger charge is 2.23. The maximum atomic E-state index is 11.3. The maximum Gasteiger partial charge on any atom is 0.408 e. The summed E-state index contributed by atoms with van der Waals surface area (Å²) >= 11 is 11.0. The zero-order valence-electron chi connectivity index (χ0n) is 9.09. The number of alkyl carbamates (subject to hydrolysis) is 1. The quantitative estimate of drug-likeness (QED) is 0.755. The molecule has 0 rings (SSSR count). The molecule has 0 unspecified atom stereocenters. The predicted octanol–water partition coefficient (Wildman–Crippen LogP) is 1.72. The van der Waals surface area contributed by atoms with E-state index in [4.69, 9.17) is 27.9 Å². The Morgan fingerprint density at radius 2 is 1.93 bits per heavy atom. The van der Waals surface area contributed by atoms with Crippen LogP contribution in [0.5, 0.6) is 0 Å². The number of nitrogens with one attached hydrogen (secondary N) is 1. The molecule has 0 aromatic rings. The minimum atomic E-state index is -0.878. The van der Waals surface area contributed by atoms with E-state index in [1.165, 1.54) is 0 Å². The number of aliphatic hydroxyl groups is 1. The van der Waals surface area contributed by atoms with Crippen molar-refractivity contribution in [1.82, 2.24) is 5.32 Å². The number of carbonyl (C=O) groups excluding carboxylic acids is 1. The third-order valence-corrected chi connectivity index (χ3v) is 2.14. The molecule has 6 heteroatoms. The topological polar surface area (TPSA) is 58.6 Å². The Bertz CT molecular complexity index is 206. The number of halogens is 2. The molecule has 0 bridgehead atoms. The summed E-state index contributed by atoms with van der Waals surface area (Å²) in [5, 5.41) is 11.8. The Kier molecular flexibility index (Phi) is 6.32. The molecule has 0 aliphatic heterocycles. The summed E-state index contributed by atoms with van der Waals surface area (Å²) in [6.45, 7) is 5.25. The number of hydrogen-bond donors (Lipinski definition) is 2. The fraction of sp³-hybridized carbons (Fsp3) is 0.889. The van der Waals surface area contributed by atoms with E-state index in [9.17, 15) is 9.90 Å². The summed E-state index contributed by atoms with van der Waals surface area (Å²) in [5.41, 5.74) is -0.577. The van der Waals surface area contributed by atoms with Crippen molar-refractivity contribution in [2.75, 3.05) is 11.8 Å². The van der Waals surface area contributed by atoms with Crippen LogP contribution in [0.3, 0.4) is 0 Å². The van der Waals surface area contributed by atoms with Crippen LogP contribution in [-0.4, -0.2) is 40.7 Å². The summed E-state index contributed by atoms with van der Waals surface area (Å²) in [6, 6.07) is -0.598. The first-order valence-electron chi connectivity index (χ1n) is 4.59. The van der Waals surface area contributed by atoms with E-state index < -0.39 is 23.8 Å². The highest BCUT2D eigenvalue weighted by molar-refractivity contribution is 6.19. The van der Waals surface area contributed by atoms with Gasteiger partial charge in [-0.15, -0.1) is 23.2 Å². The van der Waals surface area contributed by atoms with Crippen molar-refractivity contribution in [1.29, 1.82) is 0 Å². The van der Waals surface area contributed by atoms with Gasteiger partial charge in [0.15, 0.2) is 0 Å². The monoisotopic (exact) mass is 257 g/mol. The van der Waals surface area contributed by atoms with Crippen LogP contribution in [0.4, 0.5) is 4.79 Å². The Morgan fingerprint density at radius 1 is 1.40 bits per heavy atom. The van der Waals surface area contributed by atoms with Crippen LogP contribution >= 0.6 is 23.2 Å². The minimum Gasteiger partial charge on any atom is -0.444 e. The first kappa shape index (κ1) is 14.8. The van der Waals surface area contributed by atoms with Crippen LogP contribution in [0.15, 0.2) is 0 Å². The van der Waals surface area contributed by atoms with E-state index in [0.717, 1.165) is 0 Å². The molecule has 90 valence electrons. The third kappa shape index (κ3) is 6.82. The van der Waals surface area contributed by atoms with Gasteiger partial charge in [0, 0.05) is 5.88 Å². The number of rotatable bonds is 4. The Balaban J connectivity index is 4.13. The lowest BCUT2D eigenvalue weighted by Gasteiger charge is -2.24. The number of aliphatic hydroxyl groups excluding tert-OH is 1. The van der Waals surface area contributed by atoms with Gasteiger partial charge >= 0.3 is 6.09 Å². The normalized spacial score (nSPS) is 15.6. The molecular weight excluding hydrogens is 241 g/mol. The molecule has 2 atom stereocenters. The Hall–Kier alpha value is -0.190. The predicted molar refractivity (Wildman–Crippen MR) is 60.6 cm³/mol. The summed E-state index contributed by atoms with van der Waals surface area (Å²) in [5.74, 6) is 0.0836. The van der Waals surface area contributed by atoms with Crippen molar-refractivity contribution >= 4 is 29.3 Å². The van der Waals surface area contributed by atoms with Gasteiger partial charge < -0.3 is 15.2 Å². The van der Waals surface area contributed by atoms with Crippen LogP contribution in [0.1, 0.15) is 20.8 Å². The molecule has 0 aromatic heterocycles. The van der Waals surface area contributed by atoms with Gasteiger partial charge in [0.2, 0.25) is 0 Å². The zero-order chi connectivity index (χ0) is 12.1. The lowest BCUT2D eigenvalue weighted by Crippen LogP contribution is -2.47. The molecule has 0 radical (unpaired) electrons. The van der Waals surface area contributed by atoms with Crippen molar-refractivity contribution in [3.8, 4) is 0 Å². The first-order valence-corrected chi connectivity index (χ1v) is 5.66. The van der Waals surface area contributed by atoms with Gasteiger partial charge in [0.25, 0.3) is 0 Å². The van der Waals surface area contributed by atoms with Crippen molar-refractivity contribution < 1.29 is 14.6 Å². The average Bonchev–Trinajstić information content (AvgIpc) is 2.10. The van der Waals surface area contributed by atoms with Crippen LogP contribution in [0, 0.1) is 0 Å². The molecule has 0 aromatic carbocycles. The Morgan fingerprint density at radius 3 is 2.27 bits per heavy atom. The van der Waals surface area contributed by atoms with E-state index in [1.54, 1.807) is 20.8 Å². The van der Waals surface area contributed by atoms with Crippen LogP contribution in [-0.2, 0) is 4.74 Å². The molecule has 0 saturated heterocycles. The van der Waals surface area contributed by atoms with Gasteiger partial charge in [-0.2, -0.15) is 0 Å². The van der Waals surface area contributed by atoms with Gasteiger partial charge in [-0.1, -0.05) is 0 Å². The number of amides is 1. The number of hydrogen-bond acceptors (Lipinski definition) is 3. The fourth-order valence-corrected chi connectivity index (χ4v) is 1.30. The van der Waals surface area contributed by atoms with Gasteiger partial charge in [0.05, 0.1) is 18.0 Å². The lowest BCUT2D eigenvalue weighted by atomic mass is 10.2. The Labute approximate surface area is 99.9 Å². The lowest BCUT2D eigenvalue weighted by molar-refractivity contribution is 0.0454. The largest absolute Gasteiger partial charge is 0.444 e. The minimum absolute atomic E-state index is 0.00713. The highest BCUT2D eigenvalue weighted by Crippen LogP contribution is 2.08. The molecule has 4 nitrogen and oxygen atoms in total. The highest BCUT2D eigenvalue weighted by atomic mass is 35.5. The molecule has 0 aliphatic carbocycles. The SMILES string of the molecule is CC(C)(C)OC(=O)N[C@@H](CCl)[C@H](O)CCl. The second-order valence-corrected chi connectivity index (χ2v) is 4.75. The second-order valence-electron chi connectivity index (χ2n) is 4.13. The molecule has 15 heavy (non-hydrogen) atoms. The van der Waals surface area contributed by atoms with Crippen molar-refractivity contribution in [2.45, 2.75) is 38.5 Å². The van der Waals surface area contributed by atoms with E-state index in [-0.39, 0.29) is 11.8 Å². The van der Waals surface area contributed by atoms with E-state index in [0.29, 0.717) is 0 Å². The standard InChI is InChI=1S/C9H17Cl2NO3/c1-9(2,3)15-8(14)12-6(4-10)7(13)5-11/h6-7,13H,4-5H2,1-3H3,(H,12,14)/t6-,7+/m0/s1. The molecule has 0 heterocycles. The van der Waals surface area contributed by atoms with Crippen molar-refractivity contribution in [2.24, 2.45) is 0 Å². The third-order valence-electron chi connectivity index (χ3n) is 1.49. The average molecular weight is 258 g/mol. The van der Waals surface area contributed by atoms with Gasteiger partial charge in [0.1, 0.15) is 5.60 Å². The smallest absolute Gasteiger partial charge is 0.408 e. The molecule has 0 fully saturated rings. The zero-order valence-corrected chi connectivity index (χ0v) is 10.6. The summed E-state index contributed by atoms with van der Waals surface area (Å²) < 4.78 is 5.00. The second kappa shape index (κ2) is 6.40. The van der Waals surface area contributed by atoms with Gasteiger partial charge in [-0.3, -0.25) is 0 Å². The van der Waals surface area contributed by atoms with Crippen LogP contribution in [0.25, 0.3) is 0 Å². The molecular formula is C9H17Cl2NO3. The van der Waals surface area contributed by atoms with Crippen molar-refractivity contribution in [3.05, 3.63) is 0 Å². The van der Waals surface area contributed by atoms with Crippen LogP contribution in [0.2, 0.25) is 0 Å². The summed E-state index contributed by atoms with van der Waals surface area (Å²) in [6.07, 6.45) is -1.49. The van der Waals surface area contributed by atoms with Crippen LogP contribution < -0.4 is 5.32 Å². The number of ether oxygens (including phenoxy) is 1. The summed E-state index contributed by atoms with van der Waals surface area (Å²) in [7, 11) is 0. The molecule has 2 N–H and O–H groups in total. The number of carbonyl (C=O) groups is 1. The van der Waals surface area contributed by atoms with E-state index in [1.807, 2.05) is 0 Å². The molecule has 0 spiro atoms. The maximum absolute atomic E-state index is 11.3. The first-order chi connectivity index (χ1) is 6.80. The molecule has 0 saturated carbocycles. The van der Waals surface area contributed by atoms with Crippen molar-refractivity contribution in [3.63, 3.8) is 0 Å². The van der Waals surface area contributed by atoms with Gasteiger partial charge in [-0.05, 0) is 20.8 Å². The molecule has 1 amide bonds. The number of alkyl halides is 2. The van der Waals surface area contributed by atoms with E-state index in [2.05, 4.69) is 5.32 Å². The molecule has 0 aliphatic rings.